The predicted molar refractivity (Wildman–Crippen MR) is 121 cm³/mol. The average Bonchev–Trinajstić information content (AvgIpc) is 2.65. The van der Waals surface area contributed by atoms with E-state index in [0.717, 1.165) is 13.0 Å². The first kappa shape index (κ1) is 23.2. The second-order valence-corrected chi connectivity index (χ2v) is 9.32. The Morgan fingerprint density at radius 2 is 1.48 bits per heavy atom. The van der Waals surface area contributed by atoms with Crippen LogP contribution < -0.4 is 0 Å². The molecule has 2 aromatic carbocycles. The van der Waals surface area contributed by atoms with Gasteiger partial charge in [-0.2, -0.15) is 0 Å². The third kappa shape index (κ3) is 8.02. The molecule has 0 fully saturated rings. The van der Waals surface area contributed by atoms with E-state index in [2.05, 4.69) is 74.2 Å². The van der Waals surface area contributed by atoms with Crippen LogP contribution in [0, 0.1) is 5.92 Å². The molecule has 2 atom stereocenters. The number of benzene rings is 2. The minimum Gasteiger partial charge on any atom is -0.460 e. The molecule has 0 radical (unpaired) electrons. The van der Waals surface area contributed by atoms with Gasteiger partial charge in [0, 0.05) is 18.6 Å². The van der Waals surface area contributed by atoms with Crippen LogP contribution in [0.4, 0.5) is 0 Å². The molecule has 0 aliphatic heterocycles. The molecule has 2 aromatic rings. The lowest BCUT2D eigenvalue weighted by molar-refractivity contribution is -0.156. The highest BCUT2D eigenvalue weighted by molar-refractivity contribution is 5.70. The molecular weight excluding hydrogens is 358 g/mol. The van der Waals surface area contributed by atoms with Crippen molar-refractivity contribution in [2.45, 2.75) is 78.6 Å². The molecule has 0 saturated heterocycles. The van der Waals surface area contributed by atoms with Gasteiger partial charge in [0.2, 0.25) is 0 Å². The molecule has 0 bridgehead atoms. The molecule has 0 aliphatic rings. The van der Waals surface area contributed by atoms with E-state index < -0.39 is 5.60 Å². The number of ether oxygens (including phenoxy) is 1. The summed E-state index contributed by atoms with van der Waals surface area (Å²) < 4.78 is 5.67. The minimum absolute atomic E-state index is 0.111. The fourth-order valence-corrected chi connectivity index (χ4v) is 3.76. The first-order valence-corrected chi connectivity index (χ1v) is 10.7. The Kier molecular flexibility index (Phi) is 8.45. The number of hydrogen-bond acceptors (Lipinski definition) is 3. The van der Waals surface area contributed by atoms with Crippen molar-refractivity contribution >= 4 is 5.97 Å². The Morgan fingerprint density at radius 3 is 2.00 bits per heavy atom. The summed E-state index contributed by atoms with van der Waals surface area (Å²) in [4.78, 5) is 15.2. The fraction of sp³-hybridized carbons (Fsp3) is 0.500. The monoisotopic (exact) mass is 395 g/mol. The van der Waals surface area contributed by atoms with Gasteiger partial charge in [-0.1, -0.05) is 74.5 Å². The Balaban J connectivity index is 2.32. The number of rotatable bonds is 9. The second kappa shape index (κ2) is 10.6. The number of carbonyl (C=O) groups is 1. The highest BCUT2D eigenvalue weighted by atomic mass is 16.6. The number of esters is 1. The number of hydrogen-bond donors (Lipinski definition) is 0. The highest BCUT2D eigenvalue weighted by Gasteiger charge is 2.29. The molecule has 0 N–H and O–H groups in total. The molecule has 0 heterocycles. The van der Waals surface area contributed by atoms with Crippen molar-refractivity contribution < 1.29 is 9.53 Å². The second-order valence-electron chi connectivity index (χ2n) is 9.32. The van der Waals surface area contributed by atoms with Gasteiger partial charge < -0.3 is 4.74 Å². The van der Waals surface area contributed by atoms with E-state index in [4.69, 9.17) is 4.74 Å². The summed E-state index contributed by atoms with van der Waals surface area (Å²) in [6, 6.07) is 21.4. The van der Waals surface area contributed by atoms with Crippen LogP contribution in [0.2, 0.25) is 0 Å². The van der Waals surface area contributed by atoms with E-state index in [-0.39, 0.29) is 18.1 Å². The van der Waals surface area contributed by atoms with E-state index in [1.807, 2.05) is 32.9 Å². The molecule has 3 nitrogen and oxygen atoms in total. The zero-order valence-electron chi connectivity index (χ0n) is 18.9. The van der Waals surface area contributed by atoms with Gasteiger partial charge in [0.25, 0.3) is 0 Å². The van der Waals surface area contributed by atoms with E-state index in [1.165, 1.54) is 11.1 Å². The van der Waals surface area contributed by atoms with Gasteiger partial charge in [0.1, 0.15) is 5.60 Å². The first-order chi connectivity index (χ1) is 13.7. The first-order valence-electron chi connectivity index (χ1n) is 10.7. The van der Waals surface area contributed by atoms with Crippen LogP contribution in [0.15, 0.2) is 60.7 Å². The standard InChI is InChI=1S/C26H37NO2/c1-20(2)17-24(18-25(28)29-26(4,5)6)27(19-22-13-9-7-10-14-22)21(3)23-15-11-8-12-16-23/h7-16,20-21,24H,17-19H2,1-6H3. The highest BCUT2D eigenvalue weighted by Crippen LogP contribution is 2.29. The summed E-state index contributed by atoms with van der Waals surface area (Å²) in [5, 5.41) is 0. The Hall–Kier alpha value is -2.13. The van der Waals surface area contributed by atoms with Crippen molar-refractivity contribution in [2.75, 3.05) is 0 Å². The summed E-state index contributed by atoms with van der Waals surface area (Å²) in [7, 11) is 0. The summed E-state index contributed by atoms with van der Waals surface area (Å²) >= 11 is 0. The van der Waals surface area contributed by atoms with Gasteiger partial charge in [-0.25, -0.2) is 0 Å². The van der Waals surface area contributed by atoms with E-state index in [0.29, 0.717) is 12.3 Å². The van der Waals surface area contributed by atoms with Gasteiger partial charge in [-0.15, -0.1) is 0 Å². The van der Waals surface area contributed by atoms with Crippen molar-refractivity contribution in [3.05, 3.63) is 71.8 Å². The zero-order valence-corrected chi connectivity index (χ0v) is 18.9. The van der Waals surface area contributed by atoms with E-state index >= 15 is 0 Å². The molecule has 2 rings (SSSR count). The maximum Gasteiger partial charge on any atom is 0.307 e. The largest absolute Gasteiger partial charge is 0.460 e. The van der Waals surface area contributed by atoms with Gasteiger partial charge in [0.05, 0.1) is 6.42 Å². The van der Waals surface area contributed by atoms with Crippen LogP contribution in [-0.2, 0) is 16.1 Å². The Morgan fingerprint density at radius 1 is 0.931 bits per heavy atom. The molecule has 3 heteroatoms. The molecule has 158 valence electrons. The summed E-state index contributed by atoms with van der Waals surface area (Å²) in [5.41, 5.74) is 2.06. The summed E-state index contributed by atoms with van der Waals surface area (Å²) in [6.07, 6.45) is 1.35. The number of carbonyl (C=O) groups excluding carboxylic acids is 1. The maximum atomic E-state index is 12.7. The molecule has 0 aliphatic carbocycles. The summed E-state index contributed by atoms with van der Waals surface area (Å²) in [5.74, 6) is 0.366. The van der Waals surface area contributed by atoms with Crippen LogP contribution in [0.3, 0.4) is 0 Å². The lowest BCUT2D eigenvalue weighted by atomic mass is 9.95. The average molecular weight is 396 g/mol. The Bertz CT molecular complexity index is 734. The predicted octanol–water partition coefficient (Wildman–Crippen LogP) is 6.40. The lowest BCUT2D eigenvalue weighted by Gasteiger charge is -2.38. The van der Waals surface area contributed by atoms with Crippen molar-refractivity contribution in [3.63, 3.8) is 0 Å². The van der Waals surface area contributed by atoms with Crippen molar-refractivity contribution in [1.82, 2.24) is 4.90 Å². The number of nitrogens with zero attached hydrogens (tertiary/aromatic N) is 1. The Labute approximate surface area is 177 Å². The van der Waals surface area contributed by atoms with Crippen molar-refractivity contribution in [1.29, 1.82) is 0 Å². The minimum atomic E-state index is -0.464. The normalized spacial score (nSPS) is 14.1. The quantitative estimate of drug-likeness (QED) is 0.460. The van der Waals surface area contributed by atoms with E-state index in [1.54, 1.807) is 0 Å². The third-order valence-electron chi connectivity index (χ3n) is 5.02. The summed E-state index contributed by atoms with van der Waals surface area (Å²) in [6.45, 7) is 13.3. The van der Waals surface area contributed by atoms with Crippen LogP contribution in [0.1, 0.15) is 71.6 Å². The molecule has 0 amide bonds. The van der Waals surface area contributed by atoms with Crippen LogP contribution >= 0.6 is 0 Å². The molecule has 2 unspecified atom stereocenters. The van der Waals surface area contributed by atoms with E-state index in [9.17, 15) is 4.79 Å². The molecular formula is C26H37NO2. The smallest absolute Gasteiger partial charge is 0.307 e. The molecule has 29 heavy (non-hydrogen) atoms. The van der Waals surface area contributed by atoms with Gasteiger partial charge in [-0.05, 0) is 51.2 Å². The lowest BCUT2D eigenvalue weighted by Crippen LogP contribution is -2.40. The van der Waals surface area contributed by atoms with Gasteiger partial charge in [0.15, 0.2) is 0 Å². The van der Waals surface area contributed by atoms with Crippen molar-refractivity contribution in [3.8, 4) is 0 Å². The SMILES string of the molecule is CC(C)CC(CC(=O)OC(C)(C)C)N(Cc1ccccc1)C(C)c1ccccc1. The zero-order chi connectivity index (χ0) is 21.4. The van der Waals surface area contributed by atoms with Gasteiger partial charge in [-0.3, -0.25) is 9.69 Å². The van der Waals surface area contributed by atoms with Crippen molar-refractivity contribution in [2.24, 2.45) is 5.92 Å². The van der Waals surface area contributed by atoms with Crippen LogP contribution in [0.25, 0.3) is 0 Å². The third-order valence-corrected chi connectivity index (χ3v) is 5.02. The maximum absolute atomic E-state index is 12.7. The van der Waals surface area contributed by atoms with Crippen LogP contribution in [0.5, 0.6) is 0 Å². The molecule has 0 spiro atoms. The molecule has 0 saturated carbocycles. The van der Waals surface area contributed by atoms with Gasteiger partial charge >= 0.3 is 5.97 Å². The topological polar surface area (TPSA) is 29.5 Å². The molecule has 0 aromatic heterocycles. The fourth-order valence-electron chi connectivity index (χ4n) is 3.76. The van der Waals surface area contributed by atoms with Crippen LogP contribution in [-0.4, -0.2) is 22.5 Å².